The lowest BCUT2D eigenvalue weighted by molar-refractivity contribution is -0.116. The molecule has 2 N–H and O–H groups in total. The highest BCUT2D eigenvalue weighted by molar-refractivity contribution is 7.84. The van der Waals surface area contributed by atoms with Crippen LogP contribution in [0.1, 0.15) is 30.9 Å². The molecule has 0 fully saturated rings. The number of nitriles is 1. The molecule has 3 atom stereocenters. The Morgan fingerprint density at radius 1 is 1.35 bits per heavy atom. The van der Waals surface area contributed by atoms with E-state index in [0.29, 0.717) is 36.1 Å². The van der Waals surface area contributed by atoms with Gasteiger partial charge in [-0.3, -0.25) is 14.2 Å². The van der Waals surface area contributed by atoms with Gasteiger partial charge in [-0.2, -0.15) is 5.26 Å². The molecule has 0 saturated carbocycles. The first kappa shape index (κ1) is 24.2. The molecule has 9 heteroatoms. The summed E-state index contributed by atoms with van der Waals surface area (Å²) in [5, 5.41) is 20.1. The minimum Gasteiger partial charge on any atom is -0.392 e. The van der Waals surface area contributed by atoms with Gasteiger partial charge in [0.05, 0.1) is 18.2 Å². The fraction of sp³-hybridized carbons (Fsp3) is 0.318. The van der Waals surface area contributed by atoms with Gasteiger partial charge in [-0.15, -0.1) is 0 Å². The van der Waals surface area contributed by atoms with Crippen molar-refractivity contribution < 1.29 is 23.4 Å². The maximum absolute atomic E-state index is 14.7. The van der Waals surface area contributed by atoms with E-state index < -0.39 is 10.8 Å². The van der Waals surface area contributed by atoms with Crippen LogP contribution < -0.4 is 5.48 Å². The van der Waals surface area contributed by atoms with E-state index in [2.05, 4.69) is 11.2 Å². The van der Waals surface area contributed by atoms with E-state index in [1.807, 2.05) is 37.3 Å². The molecule has 1 aliphatic heterocycles. The molecule has 3 unspecified atom stereocenters. The highest BCUT2D eigenvalue weighted by Crippen LogP contribution is 2.27. The molecule has 31 heavy (non-hydrogen) atoms. The first-order valence-electron chi connectivity index (χ1n) is 9.54. The summed E-state index contributed by atoms with van der Waals surface area (Å²) in [7, 11) is -0.902. The van der Waals surface area contributed by atoms with Crippen molar-refractivity contribution in [3.63, 3.8) is 0 Å². The number of carbonyl (C=O) groups is 1. The van der Waals surface area contributed by atoms with Crippen LogP contribution in [0.3, 0.4) is 0 Å². The van der Waals surface area contributed by atoms with Gasteiger partial charge in [-0.1, -0.05) is 48.5 Å². The van der Waals surface area contributed by atoms with Gasteiger partial charge < -0.3 is 4.84 Å². The summed E-state index contributed by atoms with van der Waals surface area (Å²) in [6.07, 6.45) is 3.33. The molecule has 7 nitrogen and oxygen atoms in total. The Labute approximate surface area is 182 Å². The number of rotatable bonds is 7. The molecular weight excluding hydrogens is 421 g/mol. The van der Waals surface area contributed by atoms with Crippen molar-refractivity contribution in [1.29, 1.82) is 5.26 Å². The molecule has 1 amide bonds. The van der Waals surface area contributed by atoms with Crippen LogP contribution in [0.2, 0.25) is 0 Å². The number of nitrogens with zero attached hydrogens (tertiary/aromatic N) is 2. The van der Waals surface area contributed by atoms with Crippen LogP contribution in [-0.4, -0.2) is 39.1 Å². The molecule has 0 bridgehead atoms. The third-order valence-electron chi connectivity index (χ3n) is 4.80. The van der Waals surface area contributed by atoms with E-state index in [1.54, 1.807) is 12.3 Å². The SMILES string of the molecule is CC(CC1CC(c2ccc(-c3ccc(CC#N)cc3)c(F)c2)=NO1)S(C)=O.O=CNO. The normalized spacial score (nSPS) is 16.6. The van der Waals surface area contributed by atoms with Gasteiger partial charge in [-0.05, 0) is 17.2 Å². The fourth-order valence-corrected chi connectivity index (χ4v) is 3.54. The summed E-state index contributed by atoms with van der Waals surface area (Å²) in [5.74, 6) is -0.324. The molecular formula is C22H24FN3O4S. The number of carbonyl (C=O) groups excluding carboxylic acids is 1. The van der Waals surface area contributed by atoms with E-state index in [-0.39, 0.29) is 23.6 Å². The summed E-state index contributed by atoms with van der Waals surface area (Å²) < 4.78 is 26.2. The van der Waals surface area contributed by atoms with Crippen molar-refractivity contribution >= 4 is 22.9 Å². The van der Waals surface area contributed by atoms with E-state index in [0.717, 1.165) is 11.1 Å². The molecule has 0 spiro atoms. The average molecular weight is 446 g/mol. The van der Waals surface area contributed by atoms with Crippen molar-refractivity contribution in [3.05, 3.63) is 59.4 Å². The zero-order chi connectivity index (χ0) is 22.8. The molecule has 0 aromatic heterocycles. The fourth-order valence-electron chi connectivity index (χ4n) is 3.05. The summed E-state index contributed by atoms with van der Waals surface area (Å²) in [6, 6.07) is 14.5. The maximum Gasteiger partial charge on any atom is 0.230 e. The summed E-state index contributed by atoms with van der Waals surface area (Å²) >= 11 is 0. The maximum atomic E-state index is 14.7. The van der Waals surface area contributed by atoms with E-state index in [1.165, 1.54) is 11.5 Å². The van der Waals surface area contributed by atoms with Crippen LogP contribution in [0.15, 0.2) is 47.6 Å². The van der Waals surface area contributed by atoms with Gasteiger partial charge in [0.15, 0.2) is 0 Å². The third-order valence-corrected chi connectivity index (χ3v) is 6.12. The second-order valence-corrected chi connectivity index (χ2v) is 8.79. The molecule has 1 heterocycles. The number of nitrogens with one attached hydrogen (secondary N) is 1. The Balaban J connectivity index is 0.000000785. The van der Waals surface area contributed by atoms with E-state index >= 15 is 0 Å². The van der Waals surface area contributed by atoms with Gasteiger partial charge in [0.2, 0.25) is 6.41 Å². The molecule has 0 saturated heterocycles. The Kier molecular flexibility index (Phi) is 9.31. The summed E-state index contributed by atoms with van der Waals surface area (Å²) in [4.78, 5) is 14.2. The Hall–Kier alpha value is -3.09. The van der Waals surface area contributed by atoms with Crippen molar-refractivity contribution in [2.75, 3.05) is 6.26 Å². The molecule has 2 aromatic carbocycles. The highest BCUT2D eigenvalue weighted by Gasteiger charge is 2.25. The quantitative estimate of drug-likeness (QED) is 0.386. The monoisotopic (exact) mass is 445 g/mol. The van der Waals surface area contributed by atoms with Crippen LogP contribution in [0, 0.1) is 17.1 Å². The number of hydrogen-bond donors (Lipinski definition) is 2. The molecule has 0 aliphatic carbocycles. The standard InChI is InChI=1S/C21H21FN2O2S.CH3NO2/c1-14(27(2)25)11-18-13-21(24-26-18)17-7-8-19(20(22)12-17)16-5-3-15(4-6-16)9-10-23;3-1-2-4/h3-8,12,14,18H,9,11,13H2,1-2H3;1,4H,(H,2,3). The predicted octanol–water partition coefficient (Wildman–Crippen LogP) is 3.33. The van der Waals surface area contributed by atoms with Crippen molar-refractivity contribution in [3.8, 4) is 17.2 Å². The Bertz CT molecular complexity index is 989. The minimum absolute atomic E-state index is 0.0349. The smallest absolute Gasteiger partial charge is 0.230 e. The van der Waals surface area contributed by atoms with E-state index in [4.69, 9.17) is 20.1 Å². The number of hydroxylamine groups is 1. The van der Waals surface area contributed by atoms with Gasteiger partial charge in [0, 0.05) is 46.3 Å². The Morgan fingerprint density at radius 2 is 2.00 bits per heavy atom. The van der Waals surface area contributed by atoms with Crippen LogP contribution in [0.5, 0.6) is 0 Å². The number of amides is 1. The average Bonchev–Trinajstić information content (AvgIpc) is 3.23. The number of benzene rings is 2. The van der Waals surface area contributed by atoms with Gasteiger partial charge in [-0.25, -0.2) is 9.87 Å². The summed E-state index contributed by atoms with van der Waals surface area (Å²) in [5.41, 5.74) is 4.84. The largest absolute Gasteiger partial charge is 0.392 e. The minimum atomic E-state index is -0.902. The molecule has 3 rings (SSSR count). The summed E-state index contributed by atoms with van der Waals surface area (Å²) in [6.45, 7) is 1.92. The van der Waals surface area contributed by atoms with Crippen LogP contribution >= 0.6 is 0 Å². The van der Waals surface area contributed by atoms with Crippen molar-refractivity contribution in [2.24, 2.45) is 5.16 Å². The first-order valence-corrected chi connectivity index (χ1v) is 11.2. The number of halogens is 1. The molecule has 0 radical (unpaired) electrons. The third kappa shape index (κ3) is 6.98. The van der Waals surface area contributed by atoms with Gasteiger partial charge in [0.25, 0.3) is 0 Å². The lowest BCUT2D eigenvalue weighted by Gasteiger charge is -2.12. The number of hydrogen-bond acceptors (Lipinski definition) is 6. The topological polar surface area (TPSA) is 112 Å². The first-order chi connectivity index (χ1) is 14.9. The van der Waals surface area contributed by atoms with Crippen molar-refractivity contribution in [2.45, 2.75) is 37.5 Å². The van der Waals surface area contributed by atoms with Crippen LogP contribution in [0.25, 0.3) is 11.1 Å². The van der Waals surface area contributed by atoms with Gasteiger partial charge >= 0.3 is 0 Å². The molecule has 164 valence electrons. The van der Waals surface area contributed by atoms with Crippen LogP contribution in [-0.2, 0) is 26.9 Å². The van der Waals surface area contributed by atoms with E-state index in [9.17, 15) is 8.60 Å². The zero-order valence-corrected chi connectivity index (χ0v) is 18.1. The van der Waals surface area contributed by atoms with Gasteiger partial charge in [0.1, 0.15) is 11.9 Å². The zero-order valence-electron chi connectivity index (χ0n) is 17.2. The lowest BCUT2D eigenvalue weighted by Crippen LogP contribution is -2.19. The van der Waals surface area contributed by atoms with Crippen molar-refractivity contribution in [1.82, 2.24) is 5.48 Å². The highest BCUT2D eigenvalue weighted by atomic mass is 32.2. The lowest BCUT2D eigenvalue weighted by atomic mass is 9.98. The second-order valence-electron chi connectivity index (χ2n) is 6.99. The second kappa shape index (κ2) is 11.9. The van der Waals surface area contributed by atoms with Crippen LogP contribution in [0.4, 0.5) is 4.39 Å². The predicted molar refractivity (Wildman–Crippen MR) is 116 cm³/mol. The number of oxime groups is 1. The molecule has 1 aliphatic rings. The Morgan fingerprint density at radius 3 is 2.55 bits per heavy atom. The molecule has 2 aromatic rings.